The van der Waals surface area contributed by atoms with Gasteiger partial charge in [0.05, 0.1) is 0 Å². The van der Waals surface area contributed by atoms with Crippen LogP contribution in [-0.2, 0) is 0 Å². The molecule has 96 valence electrons. The highest BCUT2D eigenvalue weighted by Gasteiger charge is 2.07. The monoisotopic (exact) mass is 256 g/mol. The quantitative estimate of drug-likeness (QED) is 0.699. The Bertz CT molecular complexity index is 751. The minimum atomic E-state index is 0.408. The Hall–Kier alpha value is -2.70. The topological polar surface area (TPSA) is 91.2 Å². The van der Waals surface area contributed by atoms with Crippen LogP contribution in [-0.4, -0.2) is 25.3 Å². The lowest BCUT2D eigenvalue weighted by atomic mass is 10.1. The molecule has 0 bridgehead atoms. The molecule has 3 aromatic rings. The van der Waals surface area contributed by atoms with Crippen LogP contribution in [0.4, 0.5) is 5.69 Å². The van der Waals surface area contributed by atoms with Crippen molar-refractivity contribution in [1.82, 2.24) is 25.3 Å². The number of ether oxygens (including phenoxy) is 1. The maximum Gasteiger partial charge on any atom is 0.239 e. The predicted molar refractivity (Wildman–Crippen MR) is 69.0 cm³/mol. The van der Waals surface area contributed by atoms with Gasteiger partial charge in [-0.2, -0.15) is 0 Å². The van der Waals surface area contributed by atoms with E-state index in [2.05, 4.69) is 20.6 Å². The van der Waals surface area contributed by atoms with Crippen LogP contribution in [0.5, 0.6) is 11.6 Å². The minimum absolute atomic E-state index is 0.408. The van der Waals surface area contributed by atoms with E-state index in [0.717, 1.165) is 11.1 Å². The van der Waals surface area contributed by atoms with Gasteiger partial charge in [0, 0.05) is 17.8 Å². The van der Waals surface area contributed by atoms with Crippen LogP contribution in [0, 0.1) is 13.8 Å². The smallest absolute Gasteiger partial charge is 0.239 e. The van der Waals surface area contributed by atoms with Gasteiger partial charge >= 0.3 is 0 Å². The molecule has 0 radical (unpaired) electrons. The van der Waals surface area contributed by atoms with Gasteiger partial charge in [0.1, 0.15) is 5.75 Å². The lowest BCUT2D eigenvalue weighted by Crippen LogP contribution is -1.99. The van der Waals surface area contributed by atoms with Gasteiger partial charge in [-0.25, -0.2) is 0 Å². The van der Waals surface area contributed by atoms with Crippen LogP contribution >= 0.6 is 0 Å². The second kappa shape index (κ2) is 4.20. The van der Waals surface area contributed by atoms with E-state index in [-0.39, 0.29) is 0 Å². The van der Waals surface area contributed by atoms with E-state index in [9.17, 15) is 0 Å². The summed E-state index contributed by atoms with van der Waals surface area (Å²) in [4.78, 5) is 0. The molecule has 1 aromatic carbocycles. The highest BCUT2D eigenvalue weighted by Crippen LogP contribution is 2.28. The van der Waals surface area contributed by atoms with Gasteiger partial charge < -0.3 is 10.5 Å². The van der Waals surface area contributed by atoms with E-state index in [1.165, 1.54) is 4.63 Å². The van der Waals surface area contributed by atoms with Crippen molar-refractivity contribution in [2.24, 2.45) is 0 Å². The summed E-state index contributed by atoms with van der Waals surface area (Å²) in [5, 5.41) is 15.1. The summed E-state index contributed by atoms with van der Waals surface area (Å²) in [5.74, 6) is 1.08. The molecule has 0 spiro atoms. The maximum atomic E-state index is 5.88. The molecule has 0 aliphatic carbocycles. The summed E-state index contributed by atoms with van der Waals surface area (Å²) in [6.45, 7) is 3.91. The average Bonchev–Trinajstić information content (AvgIpc) is 2.83. The molecule has 0 amide bonds. The van der Waals surface area contributed by atoms with Crippen molar-refractivity contribution >= 4 is 11.3 Å². The summed E-state index contributed by atoms with van der Waals surface area (Å²) in [6.07, 6.45) is 0. The van der Waals surface area contributed by atoms with Crippen LogP contribution in [0.15, 0.2) is 24.3 Å². The Balaban J connectivity index is 1.98. The molecule has 2 aromatic heterocycles. The summed E-state index contributed by atoms with van der Waals surface area (Å²) < 4.78 is 7.02. The molecule has 7 nitrogen and oxygen atoms in total. The van der Waals surface area contributed by atoms with Crippen molar-refractivity contribution in [3.05, 3.63) is 35.4 Å². The fourth-order valence-corrected chi connectivity index (χ4v) is 1.76. The molecule has 2 N–H and O–H groups in total. The number of fused-ring (bicyclic) bond motifs is 1. The first kappa shape index (κ1) is 11.4. The van der Waals surface area contributed by atoms with Gasteiger partial charge in [-0.05, 0) is 41.5 Å². The number of nitrogens with two attached hydrogens (primary N) is 1. The number of rotatable bonds is 2. The van der Waals surface area contributed by atoms with Crippen molar-refractivity contribution in [2.75, 3.05) is 5.73 Å². The Morgan fingerprint density at radius 3 is 2.84 bits per heavy atom. The van der Waals surface area contributed by atoms with Gasteiger partial charge in [0.15, 0.2) is 5.65 Å². The normalized spacial score (nSPS) is 10.8. The minimum Gasteiger partial charge on any atom is -0.437 e. The van der Waals surface area contributed by atoms with Crippen LogP contribution in [0.3, 0.4) is 0 Å². The first-order valence-corrected chi connectivity index (χ1v) is 5.73. The Morgan fingerprint density at radius 2 is 2.00 bits per heavy atom. The zero-order valence-electron chi connectivity index (χ0n) is 10.5. The van der Waals surface area contributed by atoms with Crippen molar-refractivity contribution in [3.63, 3.8) is 0 Å². The number of tetrazole rings is 1. The van der Waals surface area contributed by atoms with Crippen LogP contribution < -0.4 is 10.5 Å². The maximum absolute atomic E-state index is 5.88. The van der Waals surface area contributed by atoms with Gasteiger partial charge in [-0.1, -0.05) is 6.07 Å². The number of benzene rings is 1. The number of nitrogens with zero attached hydrogens (tertiary/aromatic N) is 5. The number of aromatic nitrogens is 5. The Labute approximate surface area is 109 Å². The lowest BCUT2D eigenvalue weighted by Gasteiger charge is -2.10. The molecule has 0 saturated heterocycles. The standard InChI is InChI=1S/C12H12N6O/c1-7-5-8(2)10(6-9(7)13)19-12-4-3-11-14-16-17-18(11)15-12/h3-6H,13H2,1-2H3. The third-order valence-electron chi connectivity index (χ3n) is 2.82. The van der Waals surface area contributed by atoms with Crippen molar-refractivity contribution in [1.29, 1.82) is 0 Å². The number of nitrogen functional groups attached to an aromatic ring is 1. The predicted octanol–water partition coefficient (Wildman–Crippen LogP) is 1.51. The number of anilines is 1. The molecular weight excluding hydrogens is 244 g/mol. The third-order valence-corrected chi connectivity index (χ3v) is 2.82. The lowest BCUT2D eigenvalue weighted by molar-refractivity contribution is 0.444. The molecule has 7 heteroatoms. The van der Waals surface area contributed by atoms with E-state index >= 15 is 0 Å². The van der Waals surface area contributed by atoms with E-state index in [1.54, 1.807) is 18.2 Å². The van der Waals surface area contributed by atoms with Gasteiger partial charge in [0.2, 0.25) is 5.88 Å². The fourth-order valence-electron chi connectivity index (χ4n) is 1.76. The second-order valence-corrected chi connectivity index (χ2v) is 4.27. The van der Waals surface area contributed by atoms with Crippen LogP contribution in [0.2, 0.25) is 0 Å². The number of hydrogen-bond acceptors (Lipinski definition) is 6. The largest absolute Gasteiger partial charge is 0.437 e. The zero-order chi connectivity index (χ0) is 13.4. The summed E-state index contributed by atoms with van der Waals surface area (Å²) in [7, 11) is 0. The van der Waals surface area contributed by atoms with Gasteiger partial charge in [-0.3, -0.25) is 0 Å². The van der Waals surface area contributed by atoms with Gasteiger partial charge in [0.25, 0.3) is 0 Å². The molecule has 3 rings (SSSR count). The summed E-state index contributed by atoms with van der Waals surface area (Å²) >= 11 is 0. The SMILES string of the molecule is Cc1cc(C)c(Oc2ccc3nnnn3n2)cc1N. The van der Waals surface area contributed by atoms with E-state index in [1.807, 2.05) is 19.9 Å². The molecule has 0 aliphatic heterocycles. The van der Waals surface area contributed by atoms with E-state index in [4.69, 9.17) is 10.5 Å². The number of hydrogen-bond donors (Lipinski definition) is 1. The zero-order valence-corrected chi connectivity index (χ0v) is 10.5. The van der Waals surface area contributed by atoms with Crippen molar-refractivity contribution < 1.29 is 4.74 Å². The van der Waals surface area contributed by atoms with Gasteiger partial charge in [-0.15, -0.1) is 14.8 Å². The third kappa shape index (κ3) is 2.05. The van der Waals surface area contributed by atoms with Crippen LogP contribution in [0.25, 0.3) is 5.65 Å². The van der Waals surface area contributed by atoms with Crippen LogP contribution in [0.1, 0.15) is 11.1 Å². The molecular formula is C12H12N6O. The first-order valence-electron chi connectivity index (χ1n) is 5.73. The molecule has 0 aliphatic rings. The Kier molecular flexibility index (Phi) is 2.52. The molecule has 0 unspecified atom stereocenters. The van der Waals surface area contributed by atoms with E-state index < -0.39 is 0 Å². The summed E-state index contributed by atoms with van der Waals surface area (Å²) in [6, 6.07) is 7.20. The highest BCUT2D eigenvalue weighted by molar-refractivity contribution is 5.54. The summed E-state index contributed by atoms with van der Waals surface area (Å²) in [5.41, 5.74) is 9.14. The molecule has 2 heterocycles. The number of aryl methyl sites for hydroxylation is 2. The average molecular weight is 256 g/mol. The Morgan fingerprint density at radius 1 is 1.16 bits per heavy atom. The molecule has 0 atom stereocenters. The fraction of sp³-hybridized carbons (Fsp3) is 0.167. The molecule has 0 saturated carbocycles. The molecule has 0 fully saturated rings. The van der Waals surface area contributed by atoms with Crippen molar-refractivity contribution in [2.45, 2.75) is 13.8 Å². The highest BCUT2D eigenvalue weighted by atomic mass is 16.5. The molecule has 19 heavy (non-hydrogen) atoms. The first-order chi connectivity index (χ1) is 9.13. The van der Waals surface area contributed by atoms with E-state index in [0.29, 0.717) is 23.0 Å². The van der Waals surface area contributed by atoms with Crippen molar-refractivity contribution in [3.8, 4) is 11.6 Å². The second-order valence-electron chi connectivity index (χ2n) is 4.27.